The Morgan fingerprint density at radius 2 is 2.16 bits per heavy atom. The lowest BCUT2D eigenvalue weighted by Gasteiger charge is -2.29. The van der Waals surface area contributed by atoms with Gasteiger partial charge in [0, 0.05) is 17.3 Å². The van der Waals surface area contributed by atoms with Gasteiger partial charge in [0.15, 0.2) is 0 Å². The highest BCUT2D eigenvalue weighted by Gasteiger charge is 2.21. The number of carbonyl (C=O) groups is 1. The van der Waals surface area contributed by atoms with Gasteiger partial charge >= 0.3 is 5.97 Å². The first-order chi connectivity index (χ1) is 9.08. The van der Waals surface area contributed by atoms with E-state index >= 15 is 0 Å². The summed E-state index contributed by atoms with van der Waals surface area (Å²) in [5.74, 6) is 0.398. The molecule has 0 radical (unpaired) electrons. The van der Waals surface area contributed by atoms with Crippen LogP contribution >= 0.6 is 11.6 Å². The van der Waals surface area contributed by atoms with E-state index in [9.17, 15) is 9.90 Å². The molecule has 2 atom stereocenters. The first kappa shape index (κ1) is 14.2. The third-order valence-corrected chi connectivity index (χ3v) is 4.29. The number of halogens is 1. The van der Waals surface area contributed by atoms with E-state index in [1.807, 2.05) is 0 Å². The lowest BCUT2D eigenvalue weighted by Crippen LogP contribution is -2.24. The number of benzene rings is 1. The molecule has 1 fully saturated rings. The molecule has 0 amide bonds. The lowest BCUT2D eigenvalue weighted by molar-refractivity contribution is 0.0698. The number of carboxylic acid groups (broad SMARTS) is 1. The van der Waals surface area contributed by atoms with Crippen molar-refractivity contribution < 1.29 is 9.90 Å². The largest absolute Gasteiger partial charge is 0.478 e. The fraction of sp³-hybridized carbons (Fsp3) is 0.533. The third-order valence-electron chi connectivity index (χ3n) is 4.06. The highest BCUT2D eigenvalue weighted by molar-refractivity contribution is 6.31. The van der Waals surface area contributed by atoms with Crippen LogP contribution in [0.3, 0.4) is 0 Å². The predicted molar refractivity (Wildman–Crippen MR) is 78.0 cm³/mol. The highest BCUT2D eigenvalue weighted by Crippen LogP contribution is 2.30. The van der Waals surface area contributed by atoms with Gasteiger partial charge in [0.2, 0.25) is 0 Å². The summed E-state index contributed by atoms with van der Waals surface area (Å²) in [5.41, 5.74) is 0.908. The zero-order chi connectivity index (χ0) is 13.8. The van der Waals surface area contributed by atoms with Gasteiger partial charge in [0.25, 0.3) is 0 Å². The second kappa shape index (κ2) is 6.29. The number of hydrogen-bond donors (Lipinski definition) is 2. The van der Waals surface area contributed by atoms with Crippen molar-refractivity contribution in [1.82, 2.24) is 0 Å². The number of hydrogen-bond acceptors (Lipinski definition) is 2. The molecule has 2 rings (SSSR count). The van der Waals surface area contributed by atoms with E-state index in [0.29, 0.717) is 22.5 Å². The van der Waals surface area contributed by atoms with Gasteiger partial charge in [-0.15, -0.1) is 0 Å². The molecule has 2 N–H and O–H groups in total. The van der Waals surface area contributed by atoms with Crippen molar-refractivity contribution >= 4 is 23.3 Å². The Labute approximate surface area is 119 Å². The van der Waals surface area contributed by atoms with Crippen LogP contribution in [0.15, 0.2) is 18.2 Å². The second-order valence-electron chi connectivity index (χ2n) is 5.40. The quantitative estimate of drug-likeness (QED) is 0.866. The van der Waals surface area contributed by atoms with Crippen molar-refractivity contribution in [2.24, 2.45) is 11.8 Å². The molecular weight excluding hydrogens is 262 g/mol. The maximum Gasteiger partial charge on any atom is 0.337 e. The van der Waals surface area contributed by atoms with Crippen LogP contribution in [0.5, 0.6) is 0 Å². The van der Waals surface area contributed by atoms with E-state index in [2.05, 4.69) is 12.2 Å². The van der Waals surface area contributed by atoms with Crippen molar-refractivity contribution in [2.45, 2.75) is 32.6 Å². The van der Waals surface area contributed by atoms with Gasteiger partial charge in [0.05, 0.1) is 5.56 Å². The van der Waals surface area contributed by atoms with Crippen LogP contribution in [0.4, 0.5) is 5.69 Å². The minimum atomic E-state index is -0.943. The molecule has 0 aliphatic heterocycles. The van der Waals surface area contributed by atoms with Crippen LogP contribution in [-0.4, -0.2) is 17.6 Å². The van der Waals surface area contributed by atoms with Crippen molar-refractivity contribution in [3.8, 4) is 0 Å². The fourth-order valence-corrected chi connectivity index (χ4v) is 2.96. The molecule has 0 heterocycles. The lowest BCUT2D eigenvalue weighted by atomic mass is 9.80. The number of anilines is 1. The Bertz CT molecular complexity index is 461. The fourth-order valence-electron chi connectivity index (χ4n) is 2.78. The van der Waals surface area contributed by atoms with Crippen molar-refractivity contribution in [3.05, 3.63) is 28.8 Å². The number of carboxylic acids is 1. The first-order valence-corrected chi connectivity index (χ1v) is 7.22. The molecule has 19 heavy (non-hydrogen) atoms. The molecule has 0 aromatic heterocycles. The summed E-state index contributed by atoms with van der Waals surface area (Å²) in [5, 5.41) is 12.9. The summed E-state index contributed by atoms with van der Waals surface area (Å²) < 4.78 is 0. The van der Waals surface area contributed by atoms with E-state index in [1.165, 1.54) is 31.7 Å². The van der Waals surface area contributed by atoms with E-state index in [4.69, 9.17) is 11.6 Å². The minimum Gasteiger partial charge on any atom is -0.478 e. The van der Waals surface area contributed by atoms with Crippen LogP contribution < -0.4 is 5.32 Å². The average Bonchev–Trinajstić information content (AvgIpc) is 2.38. The highest BCUT2D eigenvalue weighted by atomic mass is 35.5. The van der Waals surface area contributed by atoms with Gasteiger partial charge in [-0.25, -0.2) is 4.79 Å². The van der Waals surface area contributed by atoms with Gasteiger partial charge in [-0.2, -0.15) is 0 Å². The Hall–Kier alpha value is -1.22. The molecule has 4 heteroatoms. The monoisotopic (exact) mass is 281 g/mol. The molecule has 2 unspecified atom stereocenters. The number of nitrogens with one attached hydrogen (secondary N) is 1. The van der Waals surface area contributed by atoms with Crippen molar-refractivity contribution in [3.63, 3.8) is 0 Å². The van der Waals surface area contributed by atoms with Gasteiger partial charge in [-0.05, 0) is 36.5 Å². The molecule has 1 aromatic carbocycles. The van der Waals surface area contributed by atoms with E-state index in [0.717, 1.165) is 6.54 Å². The number of rotatable bonds is 4. The second-order valence-corrected chi connectivity index (χ2v) is 5.83. The summed E-state index contributed by atoms with van der Waals surface area (Å²) in [6.07, 6.45) is 5.10. The van der Waals surface area contributed by atoms with E-state index in [1.54, 1.807) is 12.1 Å². The topological polar surface area (TPSA) is 49.3 Å². The summed E-state index contributed by atoms with van der Waals surface area (Å²) in [6, 6.07) is 4.97. The molecule has 0 spiro atoms. The number of aromatic carboxylic acids is 1. The van der Waals surface area contributed by atoms with Crippen LogP contribution in [0, 0.1) is 11.8 Å². The Balaban J connectivity index is 2.04. The zero-order valence-electron chi connectivity index (χ0n) is 11.2. The minimum absolute atomic E-state index is 0.246. The third kappa shape index (κ3) is 3.63. The molecule has 1 aromatic rings. The summed E-state index contributed by atoms with van der Waals surface area (Å²) in [4.78, 5) is 11.2. The van der Waals surface area contributed by atoms with Gasteiger partial charge < -0.3 is 10.4 Å². The molecule has 104 valence electrons. The molecule has 1 saturated carbocycles. The molecular formula is C15H20ClNO2. The Morgan fingerprint density at radius 1 is 1.42 bits per heavy atom. The van der Waals surface area contributed by atoms with Crippen molar-refractivity contribution in [2.75, 3.05) is 11.9 Å². The Kier molecular flexibility index (Phi) is 4.70. The van der Waals surface area contributed by atoms with Crippen LogP contribution in [0.2, 0.25) is 5.02 Å². The maximum absolute atomic E-state index is 11.2. The molecule has 1 aliphatic carbocycles. The smallest absolute Gasteiger partial charge is 0.337 e. The van der Waals surface area contributed by atoms with E-state index in [-0.39, 0.29) is 5.56 Å². The van der Waals surface area contributed by atoms with Crippen LogP contribution in [0.25, 0.3) is 0 Å². The van der Waals surface area contributed by atoms with Gasteiger partial charge in [0.1, 0.15) is 0 Å². The zero-order valence-corrected chi connectivity index (χ0v) is 11.9. The summed E-state index contributed by atoms with van der Waals surface area (Å²) in [7, 11) is 0. The average molecular weight is 282 g/mol. The van der Waals surface area contributed by atoms with Crippen LogP contribution in [0.1, 0.15) is 43.0 Å². The normalized spacial score (nSPS) is 23.1. The first-order valence-electron chi connectivity index (χ1n) is 6.84. The molecule has 3 nitrogen and oxygen atoms in total. The SMILES string of the molecule is CC1CCCCC1CNc1ccc(Cl)cc1C(=O)O. The summed E-state index contributed by atoms with van der Waals surface area (Å²) in [6.45, 7) is 3.12. The molecule has 1 aliphatic rings. The van der Waals surface area contributed by atoms with Crippen LogP contribution in [-0.2, 0) is 0 Å². The Morgan fingerprint density at radius 3 is 2.84 bits per heavy atom. The van der Waals surface area contributed by atoms with Crippen molar-refractivity contribution in [1.29, 1.82) is 0 Å². The summed E-state index contributed by atoms with van der Waals surface area (Å²) >= 11 is 5.84. The van der Waals surface area contributed by atoms with Gasteiger partial charge in [-0.1, -0.05) is 37.8 Å². The molecule has 0 saturated heterocycles. The standard InChI is InChI=1S/C15H20ClNO2/c1-10-4-2-3-5-11(10)9-17-14-7-6-12(16)8-13(14)15(18)19/h6-8,10-11,17H,2-5,9H2,1H3,(H,18,19). The molecule has 0 bridgehead atoms. The van der Waals surface area contributed by atoms with E-state index < -0.39 is 5.97 Å². The predicted octanol–water partition coefficient (Wildman–Crippen LogP) is 4.28. The maximum atomic E-state index is 11.2. The van der Waals surface area contributed by atoms with Gasteiger partial charge in [-0.3, -0.25) is 0 Å².